The van der Waals surface area contributed by atoms with E-state index in [0.29, 0.717) is 5.92 Å². The first kappa shape index (κ1) is 33.6. The molecule has 0 aliphatic heterocycles. The van der Waals surface area contributed by atoms with Crippen molar-refractivity contribution in [1.29, 1.82) is 0 Å². The molecule has 0 saturated heterocycles. The number of hydrogen-bond acceptors (Lipinski definition) is 1. The van der Waals surface area contributed by atoms with Crippen molar-refractivity contribution < 1.29 is 0 Å². The maximum absolute atomic E-state index is 2.58. The van der Waals surface area contributed by atoms with E-state index in [2.05, 4.69) is 189 Å². The Morgan fingerprint density at radius 1 is 0.491 bits per heavy atom. The molecule has 1 saturated carbocycles. The summed E-state index contributed by atoms with van der Waals surface area (Å²) in [6.07, 6.45) is 6.53. The van der Waals surface area contributed by atoms with Crippen molar-refractivity contribution in [1.82, 2.24) is 0 Å². The van der Waals surface area contributed by atoms with Crippen molar-refractivity contribution in [3.8, 4) is 33.4 Å². The van der Waals surface area contributed by atoms with Gasteiger partial charge >= 0.3 is 0 Å². The van der Waals surface area contributed by atoms with Crippen LogP contribution < -0.4 is 4.90 Å². The number of anilines is 3. The van der Waals surface area contributed by atoms with Gasteiger partial charge in [-0.1, -0.05) is 172 Å². The number of hydrogen-bond donors (Lipinski definition) is 0. The Kier molecular flexibility index (Phi) is 8.21. The molecule has 2 aliphatic rings. The Hall–Kier alpha value is -5.92. The normalized spacial score (nSPS) is 14.9. The minimum atomic E-state index is -0.0684. The van der Waals surface area contributed by atoms with E-state index in [1.807, 2.05) is 0 Å². The molecule has 8 aromatic rings. The molecule has 0 N–H and O–H groups in total. The zero-order chi connectivity index (χ0) is 37.1. The van der Waals surface area contributed by atoms with Gasteiger partial charge in [-0.25, -0.2) is 0 Å². The van der Waals surface area contributed by atoms with Crippen LogP contribution in [0.15, 0.2) is 164 Å². The molecule has 2 aliphatic carbocycles. The summed E-state index contributed by atoms with van der Waals surface area (Å²) in [5.41, 5.74) is 16.7. The van der Waals surface area contributed by atoms with Gasteiger partial charge in [0, 0.05) is 22.2 Å². The zero-order valence-electron chi connectivity index (χ0n) is 32.1. The lowest BCUT2D eigenvalue weighted by molar-refractivity contribution is 0.444. The average molecular weight is 710 g/mol. The van der Waals surface area contributed by atoms with Crippen molar-refractivity contribution in [2.75, 3.05) is 4.90 Å². The molecule has 1 fully saturated rings. The summed E-state index contributed by atoms with van der Waals surface area (Å²) in [6.45, 7) is 6.94. The van der Waals surface area contributed by atoms with Gasteiger partial charge in [0.25, 0.3) is 0 Å². The largest absolute Gasteiger partial charge is 0.309 e. The third-order valence-electron chi connectivity index (χ3n) is 12.7. The average Bonchev–Trinajstić information content (AvgIpc) is 3.46. The van der Waals surface area contributed by atoms with Crippen molar-refractivity contribution in [3.05, 3.63) is 186 Å². The second-order valence-electron chi connectivity index (χ2n) is 16.4. The summed E-state index contributed by atoms with van der Waals surface area (Å²) in [6, 6.07) is 62.0. The molecular formula is C54H47N. The van der Waals surface area contributed by atoms with Crippen LogP contribution in [-0.4, -0.2) is 0 Å². The van der Waals surface area contributed by atoms with E-state index in [-0.39, 0.29) is 5.41 Å². The van der Waals surface area contributed by atoms with E-state index in [0.717, 1.165) is 0 Å². The highest BCUT2D eigenvalue weighted by atomic mass is 15.1. The first-order chi connectivity index (χ1) is 27.0. The highest BCUT2D eigenvalue weighted by Gasteiger charge is 2.36. The minimum absolute atomic E-state index is 0.0684. The molecular weight excluding hydrogens is 663 g/mol. The summed E-state index contributed by atoms with van der Waals surface area (Å²) in [5.74, 6) is 0.604. The van der Waals surface area contributed by atoms with Crippen LogP contribution in [0.3, 0.4) is 0 Å². The summed E-state index contributed by atoms with van der Waals surface area (Å²) in [4.78, 5) is 2.58. The molecule has 0 atom stereocenters. The van der Waals surface area contributed by atoms with Gasteiger partial charge < -0.3 is 4.90 Å². The minimum Gasteiger partial charge on any atom is -0.309 e. The molecule has 268 valence electrons. The summed E-state index contributed by atoms with van der Waals surface area (Å²) < 4.78 is 0. The van der Waals surface area contributed by atoms with Crippen LogP contribution in [-0.2, 0) is 5.41 Å². The molecule has 55 heavy (non-hydrogen) atoms. The first-order valence-corrected chi connectivity index (χ1v) is 20.2. The van der Waals surface area contributed by atoms with E-state index in [4.69, 9.17) is 0 Å². The van der Waals surface area contributed by atoms with Crippen LogP contribution in [0.5, 0.6) is 0 Å². The fourth-order valence-electron chi connectivity index (χ4n) is 9.89. The van der Waals surface area contributed by atoms with Gasteiger partial charge in [-0.2, -0.15) is 0 Å². The van der Waals surface area contributed by atoms with Gasteiger partial charge in [-0.3, -0.25) is 0 Å². The highest BCUT2D eigenvalue weighted by molar-refractivity contribution is 6.12. The van der Waals surface area contributed by atoms with Gasteiger partial charge in [0.15, 0.2) is 0 Å². The van der Waals surface area contributed by atoms with E-state index in [1.54, 1.807) is 0 Å². The van der Waals surface area contributed by atoms with E-state index in [9.17, 15) is 0 Å². The number of fused-ring (bicyclic) bond motifs is 5. The lowest BCUT2D eigenvalue weighted by Crippen LogP contribution is -2.16. The van der Waals surface area contributed by atoms with Crippen LogP contribution >= 0.6 is 0 Å². The van der Waals surface area contributed by atoms with E-state index >= 15 is 0 Å². The predicted molar refractivity (Wildman–Crippen MR) is 235 cm³/mol. The summed E-state index contributed by atoms with van der Waals surface area (Å²) in [5, 5.41) is 5.03. The quantitative estimate of drug-likeness (QED) is 0.166. The van der Waals surface area contributed by atoms with Crippen LogP contribution in [0.25, 0.3) is 54.9 Å². The number of nitrogens with zero attached hydrogens (tertiary/aromatic N) is 1. The molecule has 0 unspecified atom stereocenters. The molecule has 0 bridgehead atoms. The predicted octanol–water partition coefficient (Wildman–Crippen LogP) is 15.5. The van der Waals surface area contributed by atoms with Crippen LogP contribution in [0.2, 0.25) is 0 Å². The lowest BCUT2D eigenvalue weighted by Gasteiger charge is -2.32. The van der Waals surface area contributed by atoms with Crippen LogP contribution in [0.4, 0.5) is 17.1 Å². The van der Waals surface area contributed by atoms with Gasteiger partial charge in [-0.15, -0.1) is 0 Å². The van der Waals surface area contributed by atoms with Crippen LogP contribution in [0.1, 0.15) is 74.1 Å². The Morgan fingerprint density at radius 3 is 2.09 bits per heavy atom. The highest BCUT2D eigenvalue weighted by Crippen LogP contribution is 2.53. The zero-order valence-corrected chi connectivity index (χ0v) is 32.1. The Labute approximate surface area is 325 Å². The fraction of sp³-hybridized carbons (Fsp3) is 0.185. The standard InChI is InChI=1S/C54H47N/c1-36-25-29-44-41(33-36)27-32-52(53(44)46-23-14-20-38-19-10-11-21-43(38)46)55(42-28-30-50-48(35-42)45-22-12-13-24-49(45)54(50,2)3)51-31-26-40(37-15-6-4-7-16-37)34-47(51)39-17-8-5-9-18-39/h5,8-14,17-35,37H,4,6-7,15-16H2,1-3H3. The van der Waals surface area contributed by atoms with E-state index < -0.39 is 0 Å². The van der Waals surface area contributed by atoms with Gasteiger partial charge in [-0.05, 0) is 117 Å². The molecule has 0 spiro atoms. The fourth-order valence-corrected chi connectivity index (χ4v) is 9.89. The molecule has 10 rings (SSSR count). The molecule has 8 aromatic carbocycles. The molecule has 0 amide bonds. The van der Waals surface area contributed by atoms with Crippen LogP contribution in [0, 0.1) is 6.92 Å². The Bertz CT molecular complexity index is 2720. The monoisotopic (exact) mass is 709 g/mol. The molecule has 1 nitrogen and oxygen atoms in total. The van der Waals surface area contributed by atoms with Gasteiger partial charge in [0.2, 0.25) is 0 Å². The van der Waals surface area contributed by atoms with Crippen molar-refractivity contribution in [3.63, 3.8) is 0 Å². The van der Waals surface area contributed by atoms with Crippen molar-refractivity contribution >= 4 is 38.6 Å². The Balaban J connectivity index is 1.30. The number of rotatable bonds is 6. The maximum atomic E-state index is 2.58. The van der Waals surface area contributed by atoms with Gasteiger partial charge in [0.05, 0.1) is 11.4 Å². The molecule has 0 radical (unpaired) electrons. The Morgan fingerprint density at radius 2 is 1.22 bits per heavy atom. The summed E-state index contributed by atoms with van der Waals surface area (Å²) in [7, 11) is 0. The first-order valence-electron chi connectivity index (χ1n) is 20.2. The lowest BCUT2D eigenvalue weighted by atomic mass is 9.82. The number of aryl methyl sites for hydroxylation is 1. The van der Waals surface area contributed by atoms with Gasteiger partial charge in [0.1, 0.15) is 0 Å². The summed E-state index contributed by atoms with van der Waals surface area (Å²) >= 11 is 0. The van der Waals surface area contributed by atoms with Crippen molar-refractivity contribution in [2.45, 2.75) is 64.2 Å². The smallest absolute Gasteiger partial charge is 0.0546 e. The third-order valence-corrected chi connectivity index (χ3v) is 12.7. The maximum Gasteiger partial charge on any atom is 0.0546 e. The molecule has 0 aromatic heterocycles. The molecule has 0 heterocycles. The van der Waals surface area contributed by atoms with Crippen molar-refractivity contribution in [2.24, 2.45) is 0 Å². The topological polar surface area (TPSA) is 3.24 Å². The SMILES string of the molecule is Cc1ccc2c(-c3cccc4ccccc34)c(N(c3ccc4c(c3)-c3ccccc3C4(C)C)c3ccc(C4CCCCC4)cc3-c3ccccc3)ccc2c1. The molecule has 1 heteroatoms. The van der Waals surface area contributed by atoms with E-state index in [1.165, 1.54) is 126 Å². The number of benzene rings is 8. The second kappa shape index (κ2) is 13.4. The second-order valence-corrected chi connectivity index (χ2v) is 16.4. The third kappa shape index (κ3) is 5.68.